The molecular weight excluding hydrogens is 496 g/mol. The van der Waals surface area contributed by atoms with Crippen LogP contribution in [0.2, 0.25) is 5.02 Å². The third kappa shape index (κ3) is 7.74. The van der Waals surface area contributed by atoms with E-state index in [0.717, 1.165) is 61.1 Å². The van der Waals surface area contributed by atoms with Gasteiger partial charge in [-0.15, -0.1) is 0 Å². The smallest absolute Gasteiger partial charge is 0.145 e. The predicted molar refractivity (Wildman–Crippen MR) is 144 cm³/mol. The zero-order chi connectivity index (χ0) is 26.4. The summed E-state index contributed by atoms with van der Waals surface area (Å²) in [6.07, 6.45) is 16.8. The zero-order valence-corrected chi connectivity index (χ0v) is 22.9. The van der Waals surface area contributed by atoms with Crippen LogP contribution >= 0.6 is 11.6 Å². The van der Waals surface area contributed by atoms with Crippen LogP contribution in [-0.2, 0) is 12.8 Å². The normalized spacial score (nSPS) is 24.4. The molecular formula is C32H41ClF4. The van der Waals surface area contributed by atoms with Crippen molar-refractivity contribution in [2.75, 3.05) is 0 Å². The van der Waals surface area contributed by atoms with Crippen LogP contribution in [0, 0.1) is 41.0 Å². The molecule has 0 N–H and O–H groups in total. The van der Waals surface area contributed by atoms with E-state index in [4.69, 9.17) is 11.6 Å². The van der Waals surface area contributed by atoms with Crippen molar-refractivity contribution in [3.8, 4) is 0 Å². The van der Waals surface area contributed by atoms with Crippen LogP contribution in [0.25, 0.3) is 0 Å². The summed E-state index contributed by atoms with van der Waals surface area (Å²) in [5, 5.41) is -0.565. The Labute approximate surface area is 225 Å². The van der Waals surface area contributed by atoms with E-state index >= 15 is 0 Å². The van der Waals surface area contributed by atoms with Crippen molar-refractivity contribution < 1.29 is 17.6 Å². The second-order valence-electron chi connectivity index (χ2n) is 11.7. The Bertz CT molecular complexity index is 973. The van der Waals surface area contributed by atoms with Crippen LogP contribution in [0.15, 0.2) is 24.3 Å². The molecule has 4 rings (SSSR count). The molecule has 0 nitrogen and oxygen atoms in total. The lowest BCUT2D eigenvalue weighted by molar-refractivity contribution is 0.222. The van der Waals surface area contributed by atoms with Crippen molar-refractivity contribution >= 4 is 11.6 Å². The van der Waals surface area contributed by atoms with Crippen LogP contribution in [-0.4, -0.2) is 0 Å². The fourth-order valence-corrected chi connectivity index (χ4v) is 6.79. The number of unbranched alkanes of at least 4 members (excludes halogenated alkanes) is 1. The Morgan fingerprint density at radius 2 is 1.14 bits per heavy atom. The molecule has 204 valence electrons. The molecule has 2 aliphatic rings. The summed E-state index contributed by atoms with van der Waals surface area (Å²) < 4.78 is 57.1. The van der Waals surface area contributed by atoms with Crippen LogP contribution in [0.1, 0.15) is 113 Å². The highest BCUT2D eigenvalue weighted by molar-refractivity contribution is 6.30. The first-order valence-corrected chi connectivity index (χ1v) is 14.8. The van der Waals surface area contributed by atoms with E-state index < -0.39 is 28.3 Å². The topological polar surface area (TPSA) is 0 Å². The molecule has 0 heterocycles. The summed E-state index contributed by atoms with van der Waals surface area (Å²) >= 11 is 5.52. The van der Waals surface area contributed by atoms with Crippen molar-refractivity contribution in [3.05, 3.63) is 69.2 Å². The molecule has 2 fully saturated rings. The molecule has 0 saturated heterocycles. The molecule has 5 heteroatoms. The Kier molecular flexibility index (Phi) is 10.4. The molecule has 2 aromatic carbocycles. The van der Waals surface area contributed by atoms with Gasteiger partial charge in [-0.3, -0.25) is 0 Å². The van der Waals surface area contributed by atoms with Gasteiger partial charge in [0.15, 0.2) is 0 Å². The number of aryl methyl sites for hydroxylation is 1. The van der Waals surface area contributed by atoms with Gasteiger partial charge in [0.1, 0.15) is 28.3 Å². The Morgan fingerprint density at radius 3 is 1.65 bits per heavy atom. The van der Waals surface area contributed by atoms with Crippen LogP contribution < -0.4 is 0 Å². The molecule has 2 saturated carbocycles. The largest absolute Gasteiger partial charge is 0.207 e. The highest BCUT2D eigenvalue weighted by Gasteiger charge is 2.26. The Hall–Kier alpha value is -1.55. The van der Waals surface area contributed by atoms with E-state index in [1.54, 1.807) is 0 Å². The minimum absolute atomic E-state index is 0.0300. The molecule has 0 radical (unpaired) electrons. The highest BCUT2D eigenvalue weighted by Crippen LogP contribution is 2.41. The average Bonchev–Trinajstić information content (AvgIpc) is 2.89. The monoisotopic (exact) mass is 536 g/mol. The fourth-order valence-electron chi connectivity index (χ4n) is 6.68. The first kappa shape index (κ1) is 28.5. The first-order chi connectivity index (χ1) is 17.8. The van der Waals surface area contributed by atoms with Crippen molar-refractivity contribution in [2.45, 2.75) is 109 Å². The van der Waals surface area contributed by atoms with E-state index in [0.29, 0.717) is 5.56 Å². The van der Waals surface area contributed by atoms with Gasteiger partial charge < -0.3 is 0 Å². The van der Waals surface area contributed by atoms with Gasteiger partial charge >= 0.3 is 0 Å². The van der Waals surface area contributed by atoms with Crippen LogP contribution in [0.4, 0.5) is 17.6 Å². The summed E-state index contributed by atoms with van der Waals surface area (Å²) in [6.45, 7) is 2.28. The van der Waals surface area contributed by atoms with E-state index in [2.05, 4.69) is 6.92 Å². The van der Waals surface area contributed by atoms with Crippen LogP contribution in [0.5, 0.6) is 0 Å². The summed E-state index contributed by atoms with van der Waals surface area (Å²) in [7, 11) is 0. The second kappa shape index (κ2) is 13.5. The highest BCUT2D eigenvalue weighted by atomic mass is 35.5. The third-order valence-electron chi connectivity index (χ3n) is 9.10. The van der Waals surface area contributed by atoms with E-state index in [1.165, 1.54) is 69.9 Å². The number of hydrogen-bond donors (Lipinski definition) is 0. The lowest BCUT2D eigenvalue weighted by Gasteiger charge is -2.32. The molecule has 0 bridgehead atoms. The molecule has 2 aromatic rings. The maximum Gasteiger partial charge on any atom is 0.145 e. The summed E-state index contributed by atoms with van der Waals surface area (Å²) in [5.74, 6) is -0.0692. The summed E-state index contributed by atoms with van der Waals surface area (Å²) in [6, 6.07) is 5.19. The third-order valence-corrected chi connectivity index (χ3v) is 9.47. The number of hydrogen-bond acceptors (Lipinski definition) is 0. The average molecular weight is 537 g/mol. The SMILES string of the molecule is CCCCC1CCC(CCC2CCC(c3cc(F)c(CCc4cc(F)c(Cl)c(F)c4)c(F)c3)CC2)CC1. The molecule has 0 unspecified atom stereocenters. The van der Waals surface area contributed by atoms with Crippen molar-refractivity contribution in [3.63, 3.8) is 0 Å². The quantitative estimate of drug-likeness (QED) is 0.209. The van der Waals surface area contributed by atoms with Gasteiger partial charge in [0.2, 0.25) is 0 Å². The predicted octanol–water partition coefficient (Wildman–Crippen LogP) is 10.7. The van der Waals surface area contributed by atoms with Gasteiger partial charge in [-0.1, -0.05) is 76.3 Å². The van der Waals surface area contributed by atoms with E-state index in [1.807, 2.05) is 0 Å². The van der Waals surface area contributed by atoms with Gasteiger partial charge in [-0.2, -0.15) is 0 Å². The lowest BCUT2D eigenvalue weighted by Crippen LogP contribution is -2.18. The van der Waals surface area contributed by atoms with Crippen molar-refractivity contribution in [2.24, 2.45) is 17.8 Å². The molecule has 2 aliphatic carbocycles. The zero-order valence-electron chi connectivity index (χ0n) is 22.1. The van der Waals surface area contributed by atoms with Gasteiger partial charge in [0, 0.05) is 5.56 Å². The molecule has 0 amide bonds. The molecule has 0 aliphatic heterocycles. The second-order valence-corrected chi connectivity index (χ2v) is 12.0. The van der Waals surface area contributed by atoms with Gasteiger partial charge in [-0.25, -0.2) is 17.6 Å². The molecule has 0 spiro atoms. The number of halogens is 5. The van der Waals surface area contributed by atoms with Crippen LogP contribution in [0.3, 0.4) is 0 Å². The maximum absolute atomic E-state index is 14.9. The van der Waals surface area contributed by atoms with Crippen molar-refractivity contribution in [1.29, 1.82) is 0 Å². The van der Waals surface area contributed by atoms with Crippen molar-refractivity contribution in [1.82, 2.24) is 0 Å². The Balaban J connectivity index is 1.24. The molecule has 0 aromatic heterocycles. The fraction of sp³-hybridized carbons (Fsp3) is 0.625. The van der Waals surface area contributed by atoms with E-state index in [-0.39, 0.29) is 24.3 Å². The molecule has 37 heavy (non-hydrogen) atoms. The minimum Gasteiger partial charge on any atom is -0.207 e. The summed E-state index contributed by atoms with van der Waals surface area (Å²) in [4.78, 5) is 0. The summed E-state index contributed by atoms with van der Waals surface area (Å²) in [5.41, 5.74) is 1.04. The van der Waals surface area contributed by atoms with Gasteiger partial charge in [0.25, 0.3) is 0 Å². The standard InChI is InChI=1S/C32H41ClF4/c1-2-3-4-21-5-7-22(8-6-21)9-10-23-11-14-25(15-12-23)26-19-28(34)27(29(35)20-26)16-13-24-17-30(36)32(33)31(37)18-24/h17-23,25H,2-16H2,1H3. The Morgan fingerprint density at radius 1 is 0.649 bits per heavy atom. The lowest BCUT2D eigenvalue weighted by atomic mass is 9.74. The number of rotatable bonds is 10. The minimum atomic E-state index is -0.863. The van der Waals surface area contributed by atoms with Gasteiger partial charge in [-0.05, 0) is 97.6 Å². The number of benzene rings is 2. The first-order valence-electron chi connectivity index (χ1n) is 14.4. The molecule has 0 atom stereocenters. The van der Waals surface area contributed by atoms with Gasteiger partial charge in [0.05, 0.1) is 0 Å². The van der Waals surface area contributed by atoms with E-state index in [9.17, 15) is 17.6 Å². The maximum atomic E-state index is 14.9.